The van der Waals surface area contributed by atoms with E-state index in [9.17, 15) is 48.9 Å². The van der Waals surface area contributed by atoms with Gasteiger partial charge in [0.2, 0.25) is 35.4 Å². The number of nitrogens with one attached hydrogen (secondary N) is 5. The summed E-state index contributed by atoms with van der Waals surface area (Å²) in [5, 5.41) is 45.4. The van der Waals surface area contributed by atoms with Crippen molar-refractivity contribution in [1.82, 2.24) is 36.4 Å². The van der Waals surface area contributed by atoms with Crippen molar-refractivity contribution in [2.75, 3.05) is 26.2 Å². The lowest BCUT2D eigenvalue weighted by atomic mass is 9.99. The summed E-state index contributed by atoms with van der Waals surface area (Å²) in [6.07, 6.45) is 0.933. The Bertz CT molecular complexity index is 2650. The molecule has 3 saturated heterocycles. The number of fused-ring (bicyclic) bond motifs is 2. The normalized spacial score (nSPS) is 24.5. The largest absolute Gasteiger partial charge is 0.508 e. The van der Waals surface area contributed by atoms with Crippen molar-refractivity contribution >= 4 is 41.4 Å². The fourth-order valence-electron chi connectivity index (χ4n) is 9.91. The van der Waals surface area contributed by atoms with Crippen LogP contribution in [0.1, 0.15) is 94.5 Å². The topological polar surface area (TPSA) is 282 Å². The molecule has 7 amide bonds. The lowest BCUT2D eigenvalue weighted by molar-refractivity contribution is -0.145. The Morgan fingerprint density at radius 1 is 0.724 bits per heavy atom. The number of unbranched alkanes of at least 4 members (excludes halogenated alkanes) is 2. The first kappa shape index (κ1) is 56.4. The van der Waals surface area contributed by atoms with E-state index in [0.29, 0.717) is 6.61 Å². The van der Waals surface area contributed by atoms with Crippen molar-refractivity contribution in [3.05, 3.63) is 108 Å². The molecule has 0 radical (unpaired) electrons. The number of phenols is 1. The van der Waals surface area contributed by atoms with E-state index in [1.165, 1.54) is 24.0 Å². The third-order valence-corrected chi connectivity index (χ3v) is 14.3. The number of aryl methyl sites for hydroxylation is 1. The van der Waals surface area contributed by atoms with E-state index in [-0.39, 0.29) is 75.9 Å². The lowest BCUT2D eigenvalue weighted by Crippen LogP contribution is -2.61. The third kappa shape index (κ3) is 14.5. The molecule has 9 atom stereocenters. The Labute approximate surface area is 443 Å². The number of ether oxygens (including phenoxy) is 1. The zero-order chi connectivity index (χ0) is 54.5. The maximum absolute atomic E-state index is 14.4. The number of rotatable bonds is 14. The zero-order valence-corrected chi connectivity index (χ0v) is 43.4. The highest BCUT2D eigenvalue weighted by molar-refractivity contribution is 6.00. The summed E-state index contributed by atoms with van der Waals surface area (Å²) in [7, 11) is 0. The molecular formula is C57H72N8O11. The molecule has 0 aliphatic carbocycles. The highest BCUT2D eigenvalue weighted by atomic mass is 16.5. The van der Waals surface area contributed by atoms with Crippen LogP contribution in [0.4, 0.5) is 0 Å². The maximum Gasteiger partial charge on any atom is 0.251 e. The number of amides is 7. The molecule has 7 rings (SSSR count). The minimum atomic E-state index is -1.65. The molecule has 19 nitrogen and oxygen atoms in total. The van der Waals surface area contributed by atoms with Crippen LogP contribution in [0, 0.1) is 0 Å². The van der Waals surface area contributed by atoms with Gasteiger partial charge in [0.05, 0.1) is 18.8 Å². The van der Waals surface area contributed by atoms with Crippen LogP contribution in [-0.2, 0) is 35.2 Å². The summed E-state index contributed by atoms with van der Waals surface area (Å²) in [6.45, 7) is 5.51. The number of carbonyl (C=O) groups is 7. The van der Waals surface area contributed by atoms with Gasteiger partial charge in [0, 0.05) is 37.7 Å². The first-order valence-corrected chi connectivity index (χ1v) is 26.5. The van der Waals surface area contributed by atoms with Gasteiger partial charge in [0.15, 0.2) is 0 Å². The average molecular weight is 1050 g/mol. The first-order valence-electron chi connectivity index (χ1n) is 26.5. The summed E-state index contributed by atoms with van der Waals surface area (Å²) in [5.41, 5.74) is 11.1. The minimum Gasteiger partial charge on any atom is -0.508 e. The highest BCUT2D eigenvalue weighted by Gasteiger charge is 2.45. The van der Waals surface area contributed by atoms with Crippen molar-refractivity contribution in [1.29, 1.82) is 0 Å². The van der Waals surface area contributed by atoms with Crippen molar-refractivity contribution in [2.45, 2.75) is 139 Å². The number of phenolic OH excluding ortho intramolecular Hbond substituents is 1. The standard InChI is InChI=1S/C57H72N8O11/c1-4-6-7-29-76-44-25-21-39(22-26-44)37-15-13-36(14-16-37)38-17-19-40(20-18-38)51(69)61-46-9-8-28-59-54(72)48-30-41(58)32-64(48)56(74)45(5-2)60-52(70)47(27-12-35-10-23-42(67)24-11-35)62-55(73)49-31-43(68)33-65(49)57(75)50(34(3)66)63-53(46)71/h10-11,13-26,34,41,43,45-50,66-68H,4-9,12,27-33,58H2,1-3H3,(H,59,72)(H,60,70)(H,61,69)(H,62,73)(H,63,71)/t34-,41?,43-,45+,46?,47?,48?,49?,50?/m1/s1. The molecule has 3 heterocycles. The zero-order valence-electron chi connectivity index (χ0n) is 43.4. The van der Waals surface area contributed by atoms with Gasteiger partial charge in [-0.2, -0.15) is 0 Å². The molecular weight excluding hydrogens is 973 g/mol. The highest BCUT2D eigenvalue weighted by Crippen LogP contribution is 2.28. The number of aliphatic hydroxyl groups is 2. The Balaban J connectivity index is 1.10. The molecule has 6 unspecified atom stereocenters. The second kappa shape index (κ2) is 26.4. The van der Waals surface area contributed by atoms with E-state index >= 15 is 0 Å². The molecule has 76 heavy (non-hydrogen) atoms. The van der Waals surface area contributed by atoms with E-state index in [1.807, 2.05) is 48.5 Å². The summed E-state index contributed by atoms with van der Waals surface area (Å²) in [5.74, 6) is -4.08. The molecule has 4 aromatic carbocycles. The van der Waals surface area contributed by atoms with Gasteiger partial charge in [-0.05, 0) is 116 Å². The lowest BCUT2D eigenvalue weighted by Gasteiger charge is -2.32. The van der Waals surface area contributed by atoms with Crippen LogP contribution in [0.5, 0.6) is 11.5 Å². The van der Waals surface area contributed by atoms with Crippen LogP contribution in [0.15, 0.2) is 97.1 Å². The van der Waals surface area contributed by atoms with Crippen LogP contribution < -0.4 is 37.1 Å². The predicted molar refractivity (Wildman–Crippen MR) is 284 cm³/mol. The van der Waals surface area contributed by atoms with Gasteiger partial charge in [-0.1, -0.05) is 87.4 Å². The summed E-state index contributed by atoms with van der Waals surface area (Å²) in [6, 6.07) is 20.8. The number of aliphatic hydroxyl groups excluding tert-OH is 2. The van der Waals surface area contributed by atoms with Crippen LogP contribution in [0.25, 0.3) is 22.3 Å². The number of hydrogen-bond acceptors (Lipinski definition) is 12. The number of nitrogens with two attached hydrogens (primary N) is 1. The number of aromatic hydroxyl groups is 1. The quantitative estimate of drug-likeness (QED) is 0.0825. The molecule has 3 aliphatic heterocycles. The molecule has 0 spiro atoms. The first-order chi connectivity index (χ1) is 36.5. The molecule has 4 aromatic rings. The molecule has 19 heteroatoms. The maximum atomic E-state index is 14.4. The van der Waals surface area contributed by atoms with Gasteiger partial charge in [0.1, 0.15) is 47.8 Å². The Kier molecular flexibility index (Phi) is 19.6. The van der Waals surface area contributed by atoms with Crippen molar-refractivity contribution < 1.29 is 53.6 Å². The molecule has 3 fully saturated rings. The van der Waals surface area contributed by atoms with Gasteiger partial charge in [-0.25, -0.2) is 0 Å². The number of nitrogens with zero attached hydrogens (tertiary/aromatic N) is 2. The number of benzene rings is 4. The van der Waals surface area contributed by atoms with Gasteiger partial charge < -0.3 is 62.2 Å². The fraction of sp³-hybridized carbons (Fsp3) is 0.456. The second-order valence-corrected chi connectivity index (χ2v) is 20.1. The number of hydrogen-bond donors (Lipinski definition) is 9. The van der Waals surface area contributed by atoms with Gasteiger partial charge in [0.25, 0.3) is 5.91 Å². The molecule has 0 saturated carbocycles. The van der Waals surface area contributed by atoms with E-state index in [4.69, 9.17) is 10.5 Å². The smallest absolute Gasteiger partial charge is 0.251 e. The average Bonchev–Trinajstić information content (AvgIpc) is 4.02. The van der Waals surface area contributed by atoms with Crippen LogP contribution in [0.2, 0.25) is 0 Å². The predicted octanol–water partition coefficient (Wildman–Crippen LogP) is 3.07. The molecule has 3 aliphatic rings. The van der Waals surface area contributed by atoms with Crippen molar-refractivity contribution in [2.24, 2.45) is 5.73 Å². The van der Waals surface area contributed by atoms with E-state index in [1.54, 1.807) is 43.3 Å². The SMILES string of the molecule is CCCCCOc1ccc(-c2ccc(-c3ccc(C(=O)NC4CCCNC(=O)C5CC(N)CN5C(=O)[C@H](CC)NC(=O)C(CCc5ccc(O)cc5)NC(=O)C5C[C@@H](O)CN5C(=O)C([C@@H](C)O)NC4=O)cc3)cc2)cc1. The van der Waals surface area contributed by atoms with Gasteiger partial charge in [-0.3, -0.25) is 33.6 Å². The third-order valence-electron chi connectivity index (χ3n) is 14.3. The molecule has 0 aromatic heterocycles. The van der Waals surface area contributed by atoms with Crippen LogP contribution >= 0.6 is 0 Å². The van der Waals surface area contributed by atoms with Crippen LogP contribution in [0.3, 0.4) is 0 Å². The van der Waals surface area contributed by atoms with Gasteiger partial charge >= 0.3 is 0 Å². The fourth-order valence-corrected chi connectivity index (χ4v) is 9.91. The molecule has 10 N–H and O–H groups in total. The Morgan fingerprint density at radius 2 is 1.32 bits per heavy atom. The Morgan fingerprint density at radius 3 is 1.93 bits per heavy atom. The second-order valence-electron chi connectivity index (χ2n) is 20.1. The molecule has 0 bridgehead atoms. The van der Waals surface area contributed by atoms with E-state index in [2.05, 4.69) is 33.5 Å². The Hall–Kier alpha value is -7.35. The van der Waals surface area contributed by atoms with Crippen LogP contribution in [-0.4, -0.2) is 147 Å². The summed E-state index contributed by atoms with van der Waals surface area (Å²) >= 11 is 0. The monoisotopic (exact) mass is 1040 g/mol. The number of carbonyl (C=O) groups excluding carboxylic acids is 7. The summed E-state index contributed by atoms with van der Waals surface area (Å²) < 4.78 is 5.86. The van der Waals surface area contributed by atoms with Gasteiger partial charge in [-0.15, -0.1) is 0 Å². The minimum absolute atomic E-state index is 0.00906. The van der Waals surface area contributed by atoms with E-state index in [0.717, 1.165) is 57.7 Å². The van der Waals surface area contributed by atoms with Crippen molar-refractivity contribution in [3.63, 3.8) is 0 Å². The van der Waals surface area contributed by atoms with Crippen molar-refractivity contribution in [3.8, 4) is 33.8 Å². The molecule has 406 valence electrons. The van der Waals surface area contributed by atoms with E-state index < -0.39 is 95.9 Å². The summed E-state index contributed by atoms with van der Waals surface area (Å²) in [4.78, 5) is 101.